The molecule has 2 N–H and O–H groups in total. The van der Waals surface area contributed by atoms with Crippen LogP contribution >= 0.6 is 0 Å². The lowest BCUT2D eigenvalue weighted by Crippen LogP contribution is -2.45. The summed E-state index contributed by atoms with van der Waals surface area (Å²) in [6, 6.07) is 11.5. The van der Waals surface area contributed by atoms with Crippen LogP contribution < -0.4 is 20.1 Å². The summed E-state index contributed by atoms with van der Waals surface area (Å²) in [7, 11) is 4.35. The van der Waals surface area contributed by atoms with Crippen molar-refractivity contribution in [3.8, 4) is 11.5 Å². The molecule has 2 rings (SSSR count). The lowest BCUT2D eigenvalue weighted by molar-refractivity contribution is -0.142. The molecule has 2 aromatic carbocycles. The van der Waals surface area contributed by atoms with Crippen LogP contribution in [0.2, 0.25) is 0 Å². The van der Waals surface area contributed by atoms with Crippen LogP contribution in [0, 0.1) is 0 Å². The van der Waals surface area contributed by atoms with E-state index in [2.05, 4.69) is 10.6 Å². The van der Waals surface area contributed by atoms with E-state index in [1.807, 2.05) is 57.2 Å². The fraction of sp³-hybridized carbons (Fsp3) is 0.417. The van der Waals surface area contributed by atoms with Gasteiger partial charge in [-0.2, -0.15) is 0 Å². The predicted octanol–water partition coefficient (Wildman–Crippen LogP) is 3.88. The minimum Gasteiger partial charge on any atom is -0.497 e. The van der Waals surface area contributed by atoms with Gasteiger partial charge < -0.3 is 29.6 Å². The first kappa shape index (κ1) is 25.0. The maximum absolute atomic E-state index is 12.9. The molecule has 8 nitrogen and oxygen atoms in total. The molecule has 2 amide bonds. The fourth-order valence-electron chi connectivity index (χ4n) is 3.15. The highest BCUT2D eigenvalue weighted by molar-refractivity contribution is 5.94. The maximum Gasteiger partial charge on any atom is 0.328 e. The first-order valence-corrected chi connectivity index (χ1v) is 10.2. The molecule has 32 heavy (non-hydrogen) atoms. The molecule has 0 bridgehead atoms. The molecule has 0 radical (unpaired) electrons. The van der Waals surface area contributed by atoms with Crippen LogP contribution in [-0.2, 0) is 26.1 Å². The third kappa shape index (κ3) is 6.88. The lowest BCUT2D eigenvalue weighted by Gasteiger charge is -2.26. The van der Waals surface area contributed by atoms with Gasteiger partial charge in [-0.25, -0.2) is 9.59 Å². The lowest BCUT2D eigenvalue weighted by atomic mass is 9.85. The summed E-state index contributed by atoms with van der Waals surface area (Å²) in [4.78, 5) is 25.1. The number of methoxy groups -OCH3 is 3. The highest BCUT2D eigenvalue weighted by Gasteiger charge is 2.26. The Morgan fingerprint density at radius 2 is 1.72 bits per heavy atom. The largest absolute Gasteiger partial charge is 0.497 e. The summed E-state index contributed by atoms with van der Waals surface area (Å²) in [6.07, 6.45) is 0.291. The van der Waals surface area contributed by atoms with Gasteiger partial charge in [-0.15, -0.1) is 0 Å². The van der Waals surface area contributed by atoms with Crippen molar-refractivity contribution in [1.29, 1.82) is 0 Å². The van der Waals surface area contributed by atoms with Crippen LogP contribution in [0.5, 0.6) is 11.5 Å². The summed E-state index contributed by atoms with van der Waals surface area (Å²) in [5, 5.41) is 5.47. The first-order chi connectivity index (χ1) is 15.2. The topological polar surface area (TPSA) is 95.1 Å². The Hall–Kier alpha value is -3.26. The van der Waals surface area contributed by atoms with Gasteiger partial charge in [0, 0.05) is 25.2 Å². The van der Waals surface area contributed by atoms with Crippen molar-refractivity contribution in [3.05, 3.63) is 53.6 Å². The van der Waals surface area contributed by atoms with Crippen molar-refractivity contribution >= 4 is 17.7 Å². The number of benzene rings is 2. The molecule has 0 saturated carbocycles. The fourth-order valence-corrected chi connectivity index (χ4v) is 3.15. The summed E-state index contributed by atoms with van der Waals surface area (Å²) in [6.45, 7) is 6.08. The van der Waals surface area contributed by atoms with Crippen LogP contribution in [0.4, 0.5) is 10.5 Å². The van der Waals surface area contributed by atoms with Gasteiger partial charge in [0.05, 0.1) is 19.9 Å². The molecular formula is C24H32N2O6. The van der Waals surface area contributed by atoms with Crippen molar-refractivity contribution in [2.24, 2.45) is 0 Å². The minimum absolute atomic E-state index is 0.00446. The standard InChI is InChI=1S/C24H32N2O6/c1-24(2,3)18-13-17(30-5)14-19(21(18)32-15-29-4)25-23(28)26-20(22(27)31-6)12-16-10-8-7-9-11-16/h7-11,13-14,20H,12,15H2,1-6H3,(H2,25,26,28)/t20-/m0/s1. The Kier molecular flexibility index (Phi) is 8.90. The average Bonchev–Trinajstić information content (AvgIpc) is 2.76. The molecule has 0 aromatic heterocycles. The van der Waals surface area contributed by atoms with Gasteiger partial charge in [-0.05, 0) is 17.0 Å². The number of urea groups is 1. The second kappa shape index (κ2) is 11.4. The van der Waals surface area contributed by atoms with E-state index in [-0.39, 0.29) is 12.2 Å². The van der Waals surface area contributed by atoms with Crippen molar-refractivity contribution < 1.29 is 28.5 Å². The third-order valence-electron chi connectivity index (χ3n) is 4.75. The number of carbonyl (C=O) groups excluding carboxylic acids is 2. The monoisotopic (exact) mass is 444 g/mol. The van der Waals surface area contributed by atoms with E-state index in [0.717, 1.165) is 11.1 Å². The van der Waals surface area contributed by atoms with Gasteiger partial charge in [0.25, 0.3) is 0 Å². The number of hydrogen-bond donors (Lipinski definition) is 2. The number of esters is 1. The molecular weight excluding hydrogens is 412 g/mol. The molecule has 0 saturated heterocycles. The minimum atomic E-state index is -0.863. The Labute approximate surface area is 189 Å². The maximum atomic E-state index is 12.9. The SMILES string of the molecule is COCOc1c(NC(=O)N[C@@H](Cc2ccccc2)C(=O)OC)cc(OC)cc1C(C)(C)C. The van der Waals surface area contributed by atoms with Crippen molar-refractivity contribution in [1.82, 2.24) is 5.32 Å². The van der Waals surface area contributed by atoms with Crippen molar-refractivity contribution in [2.45, 2.75) is 38.6 Å². The van der Waals surface area contributed by atoms with Crippen LogP contribution in [0.3, 0.4) is 0 Å². The van der Waals surface area contributed by atoms with Crippen LogP contribution in [0.25, 0.3) is 0 Å². The third-order valence-corrected chi connectivity index (χ3v) is 4.75. The van der Waals surface area contributed by atoms with Gasteiger partial charge in [0.2, 0.25) is 0 Å². The Bertz CT molecular complexity index is 909. The van der Waals surface area contributed by atoms with E-state index < -0.39 is 18.0 Å². The second-order valence-corrected chi connectivity index (χ2v) is 8.22. The molecule has 0 aliphatic carbocycles. The highest BCUT2D eigenvalue weighted by atomic mass is 16.7. The van der Waals surface area contributed by atoms with Crippen molar-refractivity contribution in [3.63, 3.8) is 0 Å². The quantitative estimate of drug-likeness (QED) is 0.450. The van der Waals surface area contributed by atoms with Gasteiger partial charge in [0.1, 0.15) is 17.5 Å². The number of carbonyl (C=O) groups is 2. The Morgan fingerprint density at radius 1 is 1.03 bits per heavy atom. The summed E-state index contributed by atoms with van der Waals surface area (Å²) >= 11 is 0. The molecule has 0 spiro atoms. The molecule has 0 fully saturated rings. The number of hydrogen-bond acceptors (Lipinski definition) is 6. The van der Waals surface area contributed by atoms with Gasteiger partial charge in [-0.3, -0.25) is 0 Å². The Balaban J connectivity index is 2.32. The van der Waals surface area contributed by atoms with Gasteiger partial charge >= 0.3 is 12.0 Å². The zero-order chi connectivity index (χ0) is 23.7. The zero-order valence-corrected chi connectivity index (χ0v) is 19.5. The van der Waals surface area contributed by atoms with Crippen LogP contribution in [-0.4, -0.2) is 46.2 Å². The van der Waals surface area contributed by atoms with E-state index >= 15 is 0 Å². The van der Waals surface area contributed by atoms with Gasteiger partial charge in [-0.1, -0.05) is 51.1 Å². The molecule has 2 aromatic rings. The van der Waals surface area contributed by atoms with E-state index in [4.69, 9.17) is 18.9 Å². The predicted molar refractivity (Wildman–Crippen MR) is 122 cm³/mol. The highest BCUT2D eigenvalue weighted by Crippen LogP contribution is 2.40. The van der Waals surface area contributed by atoms with E-state index in [9.17, 15) is 9.59 Å². The Morgan fingerprint density at radius 3 is 2.28 bits per heavy atom. The number of anilines is 1. The van der Waals surface area contributed by atoms with E-state index in [1.54, 1.807) is 13.2 Å². The number of ether oxygens (including phenoxy) is 4. The molecule has 0 unspecified atom stereocenters. The normalized spacial score (nSPS) is 11.9. The molecule has 0 aliphatic rings. The molecule has 174 valence electrons. The molecule has 8 heteroatoms. The number of amides is 2. The summed E-state index contributed by atoms with van der Waals surface area (Å²) < 4.78 is 21.2. The number of nitrogens with one attached hydrogen (secondary N) is 2. The molecule has 0 heterocycles. The smallest absolute Gasteiger partial charge is 0.328 e. The van der Waals surface area contributed by atoms with E-state index in [0.29, 0.717) is 23.6 Å². The van der Waals surface area contributed by atoms with Crippen LogP contribution in [0.15, 0.2) is 42.5 Å². The summed E-state index contributed by atoms with van der Waals surface area (Å²) in [5.41, 5.74) is 1.82. The molecule has 1 atom stereocenters. The first-order valence-electron chi connectivity index (χ1n) is 10.2. The van der Waals surface area contributed by atoms with Gasteiger partial charge in [0.15, 0.2) is 6.79 Å². The number of rotatable bonds is 9. The van der Waals surface area contributed by atoms with E-state index in [1.165, 1.54) is 14.2 Å². The average molecular weight is 445 g/mol. The zero-order valence-electron chi connectivity index (χ0n) is 19.5. The van der Waals surface area contributed by atoms with Crippen LogP contribution in [0.1, 0.15) is 31.9 Å². The summed E-state index contributed by atoms with van der Waals surface area (Å²) in [5.74, 6) is 0.484. The second-order valence-electron chi connectivity index (χ2n) is 8.22. The molecule has 0 aliphatic heterocycles. The van der Waals surface area contributed by atoms with Crippen molar-refractivity contribution in [2.75, 3.05) is 33.4 Å².